The number of carboxylic acid groups (broad SMARTS) is 1. The largest absolute Gasteiger partial charge is 0.477 e. The lowest BCUT2D eigenvalue weighted by molar-refractivity contribution is -0.376. The van der Waals surface area contributed by atoms with Gasteiger partial charge in [0.25, 0.3) is 5.79 Å². The molecule has 18 heavy (non-hydrogen) atoms. The van der Waals surface area contributed by atoms with Crippen LogP contribution in [0, 0.1) is 0 Å². The van der Waals surface area contributed by atoms with Crippen molar-refractivity contribution in [3.8, 4) is 0 Å². The number of ether oxygens (including phenoxy) is 4. The molecule has 0 aromatic heterocycles. The highest BCUT2D eigenvalue weighted by Gasteiger charge is 2.54. The van der Waals surface area contributed by atoms with Crippen LogP contribution in [-0.4, -0.2) is 71.5 Å². The van der Waals surface area contributed by atoms with Gasteiger partial charge < -0.3 is 34.3 Å². The molecule has 2 fully saturated rings. The normalized spacial score (nSPS) is 48.6. The third-order valence-corrected chi connectivity index (χ3v) is 3.15. The molecule has 0 spiro atoms. The summed E-state index contributed by atoms with van der Waals surface area (Å²) in [6, 6.07) is 0. The molecule has 8 heteroatoms. The molecular weight excluding hydrogens is 248 g/mol. The highest BCUT2D eigenvalue weighted by Crippen LogP contribution is 2.32. The van der Waals surface area contributed by atoms with E-state index in [0.29, 0.717) is 0 Å². The standard InChI is InChI=1S/C10H16O8/c1-10(9(13)14)16-3-4-7(18-10)5(11)6(12)8(15-2)17-4/h4-8,11-12H,3H2,1-2H3,(H,13,14)/t4-,5-,6-,7+,8?,10?/m1/s1. The second-order valence-electron chi connectivity index (χ2n) is 4.40. The van der Waals surface area contributed by atoms with Crippen molar-refractivity contribution in [3.05, 3.63) is 0 Å². The fourth-order valence-electron chi connectivity index (χ4n) is 2.03. The third-order valence-electron chi connectivity index (χ3n) is 3.15. The number of rotatable bonds is 2. The zero-order valence-electron chi connectivity index (χ0n) is 9.98. The Morgan fingerprint density at radius 2 is 2.06 bits per heavy atom. The summed E-state index contributed by atoms with van der Waals surface area (Å²) >= 11 is 0. The van der Waals surface area contributed by atoms with E-state index < -0.39 is 42.5 Å². The van der Waals surface area contributed by atoms with E-state index >= 15 is 0 Å². The quantitative estimate of drug-likeness (QED) is 0.540. The summed E-state index contributed by atoms with van der Waals surface area (Å²) < 4.78 is 20.5. The van der Waals surface area contributed by atoms with Crippen LogP contribution in [0.5, 0.6) is 0 Å². The predicted molar refractivity (Wildman–Crippen MR) is 54.5 cm³/mol. The van der Waals surface area contributed by atoms with Gasteiger partial charge in [-0.05, 0) is 0 Å². The molecule has 0 amide bonds. The molecule has 0 radical (unpaired) electrons. The Labute approximate surface area is 103 Å². The van der Waals surface area contributed by atoms with E-state index in [-0.39, 0.29) is 6.61 Å². The second-order valence-corrected chi connectivity index (χ2v) is 4.40. The minimum absolute atomic E-state index is 0.0723. The Bertz CT molecular complexity index is 332. The molecule has 0 saturated carbocycles. The lowest BCUT2D eigenvalue weighted by Crippen LogP contribution is -2.66. The van der Waals surface area contributed by atoms with Gasteiger partial charge in [0.05, 0.1) is 6.61 Å². The first kappa shape index (κ1) is 13.7. The Morgan fingerprint density at radius 1 is 1.39 bits per heavy atom. The van der Waals surface area contributed by atoms with Crippen molar-refractivity contribution in [2.45, 2.75) is 43.4 Å². The highest BCUT2D eigenvalue weighted by atomic mass is 16.8. The van der Waals surface area contributed by atoms with Crippen molar-refractivity contribution in [1.82, 2.24) is 0 Å². The van der Waals surface area contributed by atoms with Crippen LogP contribution < -0.4 is 0 Å². The van der Waals surface area contributed by atoms with Crippen LogP contribution >= 0.6 is 0 Å². The minimum Gasteiger partial charge on any atom is -0.477 e. The summed E-state index contributed by atoms with van der Waals surface area (Å²) in [5, 5.41) is 28.6. The number of aliphatic carboxylic acids is 1. The molecule has 0 bridgehead atoms. The van der Waals surface area contributed by atoms with E-state index in [1.165, 1.54) is 14.0 Å². The van der Waals surface area contributed by atoms with Crippen LogP contribution in [0.3, 0.4) is 0 Å². The van der Waals surface area contributed by atoms with Crippen molar-refractivity contribution in [2.24, 2.45) is 0 Å². The Balaban J connectivity index is 2.15. The fraction of sp³-hybridized carbons (Fsp3) is 0.900. The first-order valence-electron chi connectivity index (χ1n) is 5.48. The lowest BCUT2D eigenvalue weighted by atomic mass is 9.97. The van der Waals surface area contributed by atoms with Crippen LogP contribution in [0.4, 0.5) is 0 Å². The van der Waals surface area contributed by atoms with Crippen molar-refractivity contribution >= 4 is 5.97 Å². The predicted octanol–water partition coefficient (Wildman–Crippen LogP) is -1.70. The van der Waals surface area contributed by atoms with E-state index in [0.717, 1.165) is 0 Å². The van der Waals surface area contributed by atoms with Gasteiger partial charge in [-0.3, -0.25) is 0 Å². The maximum Gasteiger partial charge on any atom is 0.364 e. The molecule has 0 aliphatic carbocycles. The van der Waals surface area contributed by atoms with Crippen molar-refractivity contribution < 1.29 is 39.1 Å². The summed E-state index contributed by atoms with van der Waals surface area (Å²) in [4.78, 5) is 11.0. The maximum absolute atomic E-state index is 11.0. The lowest BCUT2D eigenvalue weighted by Gasteiger charge is -2.47. The van der Waals surface area contributed by atoms with E-state index in [1.807, 2.05) is 0 Å². The van der Waals surface area contributed by atoms with Gasteiger partial charge >= 0.3 is 5.97 Å². The summed E-state index contributed by atoms with van der Waals surface area (Å²) in [6.07, 6.45) is -5.30. The molecule has 2 unspecified atom stereocenters. The van der Waals surface area contributed by atoms with Gasteiger partial charge in [0.2, 0.25) is 0 Å². The molecule has 104 valence electrons. The van der Waals surface area contributed by atoms with Crippen LogP contribution in [-0.2, 0) is 23.7 Å². The van der Waals surface area contributed by atoms with Crippen LogP contribution in [0.2, 0.25) is 0 Å². The molecular formula is C10H16O8. The molecule has 2 rings (SSSR count). The van der Waals surface area contributed by atoms with E-state index in [9.17, 15) is 15.0 Å². The maximum atomic E-state index is 11.0. The summed E-state index contributed by atoms with van der Waals surface area (Å²) in [6.45, 7) is 1.16. The molecule has 0 aromatic carbocycles. The molecule has 2 aliphatic rings. The molecule has 2 heterocycles. The van der Waals surface area contributed by atoms with Gasteiger partial charge in [0.15, 0.2) is 6.29 Å². The first-order chi connectivity index (χ1) is 8.39. The number of methoxy groups -OCH3 is 1. The molecule has 8 nitrogen and oxygen atoms in total. The van der Waals surface area contributed by atoms with Gasteiger partial charge in [0.1, 0.15) is 24.4 Å². The number of hydrogen-bond acceptors (Lipinski definition) is 7. The van der Waals surface area contributed by atoms with Crippen molar-refractivity contribution in [3.63, 3.8) is 0 Å². The van der Waals surface area contributed by atoms with Crippen LogP contribution in [0.15, 0.2) is 0 Å². The third kappa shape index (κ3) is 2.11. The van der Waals surface area contributed by atoms with E-state index in [4.69, 9.17) is 24.1 Å². The smallest absolute Gasteiger partial charge is 0.364 e. The number of aliphatic hydroxyl groups excluding tert-OH is 2. The Kier molecular flexibility index (Phi) is 3.58. The Hall–Kier alpha value is -0.770. The van der Waals surface area contributed by atoms with Crippen LogP contribution in [0.1, 0.15) is 6.92 Å². The number of fused-ring (bicyclic) bond motifs is 1. The zero-order valence-corrected chi connectivity index (χ0v) is 9.98. The first-order valence-corrected chi connectivity index (χ1v) is 5.48. The zero-order chi connectivity index (χ0) is 13.5. The summed E-state index contributed by atoms with van der Waals surface area (Å²) in [7, 11) is 1.33. The average Bonchev–Trinajstić information content (AvgIpc) is 2.34. The number of carbonyl (C=O) groups is 1. The number of hydrogen-bond donors (Lipinski definition) is 3. The van der Waals surface area contributed by atoms with Crippen molar-refractivity contribution in [1.29, 1.82) is 0 Å². The van der Waals surface area contributed by atoms with Crippen LogP contribution in [0.25, 0.3) is 0 Å². The van der Waals surface area contributed by atoms with Gasteiger partial charge in [-0.1, -0.05) is 0 Å². The number of carboxylic acids is 1. The number of aliphatic hydroxyl groups is 2. The fourth-order valence-corrected chi connectivity index (χ4v) is 2.03. The molecule has 3 N–H and O–H groups in total. The topological polar surface area (TPSA) is 115 Å². The molecule has 2 aliphatic heterocycles. The van der Waals surface area contributed by atoms with Gasteiger partial charge in [-0.2, -0.15) is 0 Å². The molecule has 6 atom stereocenters. The van der Waals surface area contributed by atoms with Crippen molar-refractivity contribution in [2.75, 3.05) is 13.7 Å². The van der Waals surface area contributed by atoms with E-state index in [2.05, 4.69) is 0 Å². The average molecular weight is 264 g/mol. The van der Waals surface area contributed by atoms with E-state index in [1.54, 1.807) is 0 Å². The Morgan fingerprint density at radius 3 is 2.61 bits per heavy atom. The monoisotopic (exact) mass is 264 g/mol. The molecule has 2 saturated heterocycles. The minimum atomic E-state index is -1.86. The summed E-state index contributed by atoms with van der Waals surface area (Å²) in [5.74, 6) is -3.16. The highest BCUT2D eigenvalue weighted by molar-refractivity contribution is 5.75. The summed E-state index contributed by atoms with van der Waals surface area (Å²) in [5.41, 5.74) is 0. The van der Waals surface area contributed by atoms with Gasteiger partial charge in [0, 0.05) is 14.0 Å². The SMILES string of the molecule is COC1O[C@@H]2COC(C)(C(=O)O)O[C@@H]2[C@H](O)[C@H]1O. The molecule has 0 aromatic rings. The second kappa shape index (κ2) is 4.72. The van der Waals surface area contributed by atoms with Gasteiger partial charge in [-0.15, -0.1) is 0 Å². The van der Waals surface area contributed by atoms with Gasteiger partial charge in [-0.25, -0.2) is 4.79 Å².